The van der Waals surface area contributed by atoms with E-state index in [1.165, 1.54) is 32.7 Å². The van der Waals surface area contributed by atoms with E-state index in [0.29, 0.717) is 5.56 Å². The number of para-hydroxylation sites is 1. The van der Waals surface area contributed by atoms with Crippen LogP contribution in [0, 0.1) is 11.3 Å². The summed E-state index contributed by atoms with van der Waals surface area (Å²) in [4.78, 5) is 4.43. The molecule has 0 amide bonds. The molecule has 9 rings (SSSR count). The van der Waals surface area contributed by atoms with Gasteiger partial charge in [0.1, 0.15) is 6.07 Å². The third-order valence-corrected chi connectivity index (χ3v) is 9.09. The Morgan fingerprint density at radius 2 is 1.04 bits per heavy atom. The smallest absolute Gasteiger partial charge is 0.101 e. The first-order valence-electron chi connectivity index (χ1n) is 15.1. The average molecular weight is 572 g/mol. The summed E-state index contributed by atoms with van der Waals surface area (Å²) in [5.41, 5.74) is 8.09. The average Bonchev–Trinajstić information content (AvgIpc) is 3.44. The molecule has 0 bridgehead atoms. The van der Waals surface area contributed by atoms with Crippen molar-refractivity contribution in [3.63, 3.8) is 0 Å². The SMILES string of the molecule is N#Cc1cc(-c2c3ccccc3c(-c3ccc4ccccc4c3)c3ccccc23)ccc1-n1c2ccccc2c2ccncc21. The lowest BCUT2D eigenvalue weighted by molar-refractivity contribution is 1.15. The van der Waals surface area contributed by atoms with Crippen molar-refractivity contribution in [3.8, 4) is 34.0 Å². The minimum absolute atomic E-state index is 0.616. The summed E-state index contributed by atoms with van der Waals surface area (Å²) in [5, 5.41) is 20.0. The molecule has 0 saturated carbocycles. The molecule has 0 aliphatic carbocycles. The largest absolute Gasteiger partial charge is 0.306 e. The summed E-state index contributed by atoms with van der Waals surface area (Å²) < 4.78 is 2.17. The molecule has 7 aromatic carbocycles. The summed E-state index contributed by atoms with van der Waals surface area (Å²) in [6, 6.07) is 51.8. The Bertz CT molecular complexity index is 2560. The minimum atomic E-state index is 0.616. The van der Waals surface area contributed by atoms with Crippen molar-refractivity contribution >= 4 is 54.1 Å². The number of benzene rings is 7. The van der Waals surface area contributed by atoms with E-state index in [9.17, 15) is 5.26 Å². The molecule has 0 fully saturated rings. The van der Waals surface area contributed by atoms with E-state index in [4.69, 9.17) is 0 Å². The fourth-order valence-electron chi connectivity index (χ4n) is 7.15. The second-order valence-corrected chi connectivity index (χ2v) is 11.5. The van der Waals surface area contributed by atoms with Crippen molar-refractivity contribution in [2.45, 2.75) is 0 Å². The third-order valence-electron chi connectivity index (χ3n) is 9.09. The second kappa shape index (κ2) is 9.91. The van der Waals surface area contributed by atoms with Crippen LogP contribution in [0.25, 0.3) is 82.1 Å². The Morgan fingerprint density at radius 1 is 0.489 bits per heavy atom. The maximum absolute atomic E-state index is 10.6. The summed E-state index contributed by atoms with van der Waals surface area (Å²) in [6.07, 6.45) is 3.71. The van der Waals surface area contributed by atoms with E-state index in [2.05, 4.69) is 143 Å². The van der Waals surface area contributed by atoms with Crippen molar-refractivity contribution in [2.75, 3.05) is 0 Å². The zero-order valence-electron chi connectivity index (χ0n) is 24.3. The molecule has 9 aromatic rings. The maximum Gasteiger partial charge on any atom is 0.101 e. The van der Waals surface area contributed by atoms with Gasteiger partial charge in [-0.15, -0.1) is 0 Å². The van der Waals surface area contributed by atoms with Crippen molar-refractivity contribution < 1.29 is 0 Å². The van der Waals surface area contributed by atoms with Crippen LogP contribution in [-0.2, 0) is 0 Å². The van der Waals surface area contributed by atoms with Crippen LogP contribution in [0.3, 0.4) is 0 Å². The first kappa shape index (κ1) is 25.3. The van der Waals surface area contributed by atoms with Crippen molar-refractivity contribution in [1.82, 2.24) is 9.55 Å². The predicted molar refractivity (Wildman–Crippen MR) is 187 cm³/mol. The normalized spacial score (nSPS) is 11.5. The van der Waals surface area contributed by atoms with Gasteiger partial charge in [-0.1, -0.05) is 109 Å². The maximum atomic E-state index is 10.6. The molecule has 3 nitrogen and oxygen atoms in total. The Hall–Kier alpha value is -6.24. The molecule has 0 radical (unpaired) electrons. The van der Waals surface area contributed by atoms with Crippen LogP contribution in [0.15, 0.2) is 152 Å². The number of pyridine rings is 1. The van der Waals surface area contributed by atoms with Crippen LogP contribution in [0.2, 0.25) is 0 Å². The van der Waals surface area contributed by atoms with Gasteiger partial charge in [0.25, 0.3) is 0 Å². The molecule has 0 aliphatic heterocycles. The van der Waals surface area contributed by atoms with E-state index >= 15 is 0 Å². The van der Waals surface area contributed by atoms with E-state index in [0.717, 1.165) is 49.4 Å². The lowest BCUT2D eigenvalue weighted by atomic mass is 9.85. The van der Waals surface area contributed by atoms with E-state index in [1.807, 2.05) is 24.5 Å². The highest BCUT2D eigenvalue weighted by molar-refractivity contribution is 6.22. The molecule has 0 aliphatic rings. The molecule has 208 valence electrons. The third kappa shape index (κ3) is 3.80. The van der Waals surface area contributed by atoms with E-state index < -0.39 is 0 Å². The van der Waals surface area contributed by atoms with E-state index in [-0.39, 0.29) is 0 Å². The zero-order valence-corrected chi connectivity index (χ0v) is 24.3. The Morgan fingerprint density at radius 3 is 1.73 bits per heavy atom. The Labute approximate surface area is 259 Å². The second-order valence-electron chi connectivity index (χ2n) is 11.5. The van der Waals surface area contributed by atoms with Gasteiger partial charge in [0, 0.05) is 17.0 Å². The molecule has 0 atom stereocenters. The summed E-state index contributed by atoms with van der Waals surface area (Å²) in [7, 11) is 0. The number of hydrogen-bond donors (Lipinski definition) is 0. The number of nitriles is 1. The standard InChI is InChI=1S/C42H25N3/c43-25-31-24-30(19-20-38(31)45-39-16-8-7-11-32(39)33-21-22-44-26-40(33)45)42-36-14-5-3-12-34(36)41(35-13-4-6-15-37(35)42)29-18-17-27-9-1-2-10-28(27)23-29/h1-24,26H. The molecule has 0 N–H and O–H groups in total. The first-order chi connectivity index (χ1) is 22.3. The fraction of sp³-hybridized carbons (Fsp3) is 0. The monoisotopic (exact) mass is 571 g/mol. The predicted octanol–water partition coefficient (Wildman–Crippen LogP) is 10.8. The topological polar surface area (TPSA) is 41.6 Å². The quantitative estimate of drug-likeness (QED) is 0.198. The summed E-state index contributed by atoms with van der Waals surface area (Å²) >= 11 is 0. The lowest BCUT2D eigenvalue weighted by Crippen LogP contribution is -1.99. The van der Waals surface area contributed by atoms with Crippen LogP contribution in [0.5, 0.6) is 0 Å². The van der Waals surface area contributed by atoms with Crippen LogP contribution >= 0.6 is 0 Å². The molecule has 0 saturated heterocycles. The van der Waals surface area contributed by atoms with Gasteiger partial charge in [0.05, 0.1) is 28.5 Å². The number of aromatic nitrogens is 2. The summed E-state index contributed by atoms with van der Waals surface area (Å²) in [5.74, 6) is 0. The molecule has 0 spiro atoms. The van der Waals surface area contributed by atoms with Crippen LogP contribution in [0.4, 0.5) is 0 Å². The van der Waals surface area contributed by atoms with Crippen LogP contribution in [-0.4, -0.2) is 9.55 Å². The molecular formula is C42H25N3. The highest BCUT2D eigenvalue weighted by atomic mass is 15.0. The Kier molecular flexibility index (Phi) is 5.57. The van der Waals surface area contributed by atoms with Crippen molar-refractivity contribution in [3.05, 3.63) is 157 Å². The van der Waals surface area contributed by atoms with Gasteiger partial charge in [-0.3, -0.25) is 4.98 Å². The number of fused-ring (bicyclic) bond motifs is 6. The Balaban J connectivity index is 1.32. The zero-order chi connectivity index (χ0) is 29.9. The van der Waals surface area contributed by atoms with Crippen LogP contribution in [0.1, 0.15) is 5.56 Å². The molecule has 0 unspecified atom stereocenters. The first-order valence-corrected chi connectivity index (χ1v) is 15.1. The van der Waals surface area contributed by atoms with Gasteiger partial charge in [-0.2, -0.15) is 5.26 Å². The molecule has 2 heterocycles. The minimum Gasteiger partial charge on any atom is -0.306 e. The number of nitrogens with zero attached hydrogens (tertiary/aromatic N) is 3. The molecule has 3 heteroatoms. The molecular weight excluding hydrogens is 546 g/mol. The van der Waals surface area contributed by atoms with Crippen LogP contribution < -0.4 is 0 Å². The molecule has 2 aromatic heterocycles. The van der Waals surface area contributed by atoms with Gasteiger partial charge < -0.3 is 4.57 Å². The van der Waals surface area contributed by atoms with Crippen molar-refractivity contribution in [2.24, 2.45) is 0 Å². The summed E-state index contributed by atoms with van der Waals surface area (Å²) in [6.45, 7) is 0. The lowest BCUT2D eigenvalue weighted by Gasteiger charge is -2.19. The number of hydrogen-bond acceptors (Lipinski definition) is 2. The highest BCUT2D eigenvalue weighted by Crippen LogP contribution is 2.44. The van der Waals surface area contributed by atoms with Gasteiger partial charge in [0.2, 0.25) is 0 Å². The van der Waals surface area contributed by atoms with Crippen molar-refractivity contribution in [1.29, 1.82) is 5.26 Å². The number of rotatable bonds is 3. The van der Waals surface area contributed by atoms with E-state index in [1.54, 1.807) is 0 Å². The van der Waals surface area contributed by atoms with Gasteiger partial charge in [-0.05, 0) is 84.9 Å². The fourth-order valence-corrected chi connectivity index (χ4v) is 7.15. The van der Waals surface area contributed by atoms with Gasteiger partial charge in [0.15, 0.2) is 0 Å². The highest BCUT2D eigenvalue weighted by Gasteiger charge is 2.19. The van der Waals surface area contributed by atoms with Gasteiger partial charge in [-0.25, -0.2) is 0 Å². The van der Waals surface area contributed by atoms with Gasteiger partial charge >= 0.3 is 0 Å². The molecule has 45 heavy (non-hydrogen) atoms.